The van der Waals surface area contributed by atoms with E-state index in [2.05, 4.69) is 33.0 Å². The van der Waals surface area contributed by atoms with E-state index in [-0.39, 0.29) is 28.9 Å². The van der Waals surface area contributed by atoms with Crippen molar-refractivity contribution in [3.8, 4) is 0 Å². The van der Waals surface area contributed by atoms with E-state index in [1.165, 1.54) is 6.08 Å². The summed E-state index contributed by atoms with van der Waals surface area (Å²) in [4.78, 5) is 10.9. The Kier molecular flexibility index (Phi) is 8.06. The smallest absolute Gasteiger partial charge is 0.243 e. The van der Waals surface area contributed by atoms with Crippen LogP contribution >= 0.6 is 0 Å². The second-order valence-electron chi connectivity index (χ2n) is 4.42. The lowest BCUT2D eigenvalue weighted by Crippen LogP contribution is -3.00. The normalized spacial score (nSPS) is 12.6. The van der Waals surface area contributed by atoms with Gasteiger partial charge in [-0.15, -0.1) is 0 Å². The van der Waals surface area contributed by atoms with Crippen molar-refractivity contribution < 1.29 is 26.3 Å². The highest BCUT2D eigenvalue weighted by Crippen LogP contribution is 1.97. The number of carbonyl (C=O) groups is 1. The van der Waals surface area contributed by atoms with Crippen molar-refractivity contribution in [3.05, 3.63) is 12.7 Å². The fourth-order valence-electron chi connectivity index (χ4n) is 0.955. The highest BCUT2D eigenvalue weighted by atomic mass is 79.9. The number of amides is 1. The average molecular weight is 265 g/mol. The van der Waals surface area contributed by atoms with Crippen LogP contribution in [0.3, 0.4) is 0 Å². The number of nitrogens with zero attached hydrogens (tertiary/aromatic N) is 1. The van der Waals surface area contributed by atoms with Crippen molar-refractivity contribution in [1.29, 1.82) is 0 Å². The summed E-state index contributed by atoms with van der Waals surface area (Å²) >= 11 is 0. The van der Waals surface area contributed by atoms with E-state index in [0.717, 1.165) is 17.4 Å². The first kappa shape index (κ1) is 16.1. The largest absolute Gasteiger partial charge is 1.00 e. The number of halogens is 1. The Morgan fingerprint density at radius 1 is 1.50 bits per heavy atom. The van der Waals surface area contributed by atoms with Gasteiger partial charge in [0.25, 0.3) is 0 Å². The van der Waals surface area contributed by atoms with Crippen LogP contribution in [0.4, 0.5) is 0 Å². The van der Waals surface area contributed by atoms with Crippen molar-refractivity contribution in [2.75, 3.05) is 27.7 Å². The molecule has 0 aromatic rings. The van der Waals surface area contributed by atoms with Crippen LogP contribution < -0.4 is 22.3 Å². The average Bonchev–Trinajstić information content (AvgIpc) is 1.99. The topological polar surface area (TPSA) is 29.1 Å². The minimum absolute atomic E-state index is 0. The molecule has 0 saturated heterocycles. The van der Waals surface area contributed by atoms with Crippen LogP contribution in [0.25, 0.3) is 0 Å². The number of hydrogen-bond acceptors (Lipinski definition) is 1. The summed E-state index contributed by atoms with van der Waals surface area (Å²) in [6, 6.07) is 0.225. The van der Waals surface area contributed by atoms with E-state index in [9.17, 15) is 4.79 Å². The predicted octanol–water partition coefficient (Wildman–Crippen LogP) is -2.22. The lowest BCUT2D eigenvalue weighted by Gasteiger charge is -2.25. The lowest BCUT2D eigenvalue weighted by molar-refractivity contribution is -0.870. The summed E-state index contributed by atoms with van der Waals surface area (Å²) in [5, 5.41) is 2.84. The molecule has 0 radical (unpaired) electrons. The SMILES string of the molecule is C=CC(=O)NC(C)CC[N+](C)(C)C.[Br-]. The molecule has 0 aromatic heterocycles. The van der Waals surface area contributed by atoms with Gasteiger partial charge >= 0.3 is 0 Å². The van der Waals surface area contributed by atoms with Crippen LogP contribution in [0.1, 0.15) is 13.3 Å². The third-order valence-corrected chi connectivity index (χ3v) is 1.81. The van der Waals surface area contributed by atoms with E-state index in [4.69, 9.17) is 0 Å². The maximum Gasteiger partial charge on any atom is 0.243 e. The van der Waals surface area contributed by atoms with Crippen LogP contribution in [0.5, 0.6) is 0 Å². The maximum atomic E-state index is 10.9. The Labute approximate surface area is 97.5 Å². The van der Waals surface area contributed by atoms with Gasteiger partial charge in [-0.1, -0.05) is 6.58 Å². The summed E-state index contributed by atoms with van der Waals surface area (Å²) in [5.74, 6) is -0.0890. The third-order valence-electron chi connectivity index (χ3n) is 1.81. The maximum absolute atomic E-state index is 10.9. The van der Waals surface area contributed by atoms with Gasteiger partial charge in [-0.2, -0.15) is 0 Å². The first-order valence-corrected chi connectivity index (χ1v) is 4.58. The molecule has 84 valence electrons. The number of carbonyl (C=O) groups excluding carboxylic acids is 1. The molecule has 0 spiro atoms. The molecule has 1 atom stereocenters. The second-order valence-corrected chi connectivity index (χ2v) is 4.42. The lowest BCUT2D eigenvalue weighted by atomic mass is 10.2. The van der Waals surface area contributed by atoms with E-state index in [0.29, 0.717) is 0 Å². The minimum Gasteiger partial charge on any atom is -1.00 e. The zero-order valence-electron chi connectivity index (χ0n) is 9.51. The molecule has 1 amide bonds. The van der Waals surface area contributed by atoms with Gasteiger partial charge in [-0.3, -0.25) is 4.79 Å². The van der Waals surface area contributed by atoms with Crippen LogP contribution in [-0.4, -0.2) is 44.1 Å². The van der Waals surface area contributed by atoms with Gasteiger partial charge in [0.05, 0.1) is 27.7 Å². The Morgan fingerprint density at radius 3 is 2.36 bits per heavy atom. The van der Waals surface area contributed by atoms with Crippen molar-refractivity contribution in [1.82, 2.24) is 5.32 Å². The van der Waals surface area contributed by atoms with E-state index >= 15 is 0 Å². The molecule has 1 N–H and O–H groups in total. The van der Waals surface area contributed by atoms with E-state index in [1.54, 1.807) is 0 Å². The molecule has 0 aromatic carbocycles. The molecule has 3 nitrogen and oxygen atoms in total. The molecule has 0 fully saturated rings. The van der Waals surface area contributed by atoms with Crippen molar-refractivity contribution in [2.45, 2.75) is 19.4 Å². The second kappa shape index (κ2) is 7.01. The fourth-order valence-corrected chi connectivity index (χ4v) is 0.955. The molecule has 0 aliphatic heterocycles. The van der Waals surface area contributed by atoms with Crippen LogP contribution in [0, 0.1) is 0 Å². The summed E-state index contributed by atoms with van der Waals surface area (Å²) in [6.07, 6.45) is 2.30. The van der Waals surface area contributed by atoms with Crippen molar-refractivity contribution in [2.24, 2.45) is 0 Å². The highest BCUT2D eigenvalue weighted by molar-refractivity contribution is 5.87. The van der Waals surface area contributed by atoms with E-state index < -0.39 is 0 Å². The van der Waals surface area contributed by atoms with Crippen LogP contribution in [-0.2, 0) is 4.79 Å². The Bertz CT molecular complexity index is 187. The van der Waals surface area contributed by atoms with Crippen molar-refractivity contribution >= 4 is 5.91 Å². The van der Waals surface area contributed by atoms with Gasteiger partial charge in [0.15, 0.2) is 0 Å². The molecule has 14 heavy (non-hydrogen) atoms. The predicted molar refractivity (Wildman–Crippen MR) is 55.3 cm³/mol. The molecule has 0 rings (SSSR count). The first-order chi connectivity index (χ1) is 5.85. The zero-order chi connectivity index (χ0) is 10.5. The number of nitrogens with one attached hydrogen (secondary N) is 1. The van der Waals surface area contributed by atoms with Gasteiger partial charge in [0, 0.05) is 12.5 Å². The fraction of sp³-hybridized carbons (Fsp3) is 0.700. The summed E-state index contributed by atoms with van der Waals surface area (Å²) in [6.45, 7) is 6.47. The molecular formula is C10H21BrN2O. The van der Waals surface area contributed by atoms with E-state index in [1.807, 2.05) is 6.92 Å². The molecule has 0 aliphatic rings. The summed E-state index contributed by atoms with van der Waals surface area (Å²) in [7, 11) is 6.42. The number of rotatable bonds is 5. The summed E-state index contributed by atoms with van der Waals surface area (Å²) < 4.78 is 0.925. The first-order valence-electron chi connectivity index (χ1n) is 4.58. The Hall–Kier alpha value is -0.350. The molecule has 1 unspecified atom stereocenters. The minimum atomic E-state index is -0.0890. The molecule has 4 heteroatoms. The number of hydrogen-bond donors (Lipinski definition) is 1. The molecule has 0 heterocycles. The van der Waals surface area contributed by atoms with Gasteiger partial charge < -0.3 is 26.8 Å². The Balaban J connectivity index is 0. The Morgan fingerprint density at radius 2 is 2.00 bits per heavy atom. The standard InChI is InChI=1S/C10H20N2O.BrH/c1-6-10(13)11-9(2)7-8-12(3,4)5;/h6,9H,1,7-8H2,2-5H3;1H. The third kappa shape index (κ3) is 9.74. The molecule has 0 aliphatic carbocycles. The number of quaternary nitrogens is 1. The van der Waals surface area contributed by atoms with Gasteiger partial charge in [-0.05, 0) is 13.0 Å². The zero-order valence-corrected chi connectivity index (χ0v) is 11.1. The van der Waals surface area contributed by atoms with Crippen LogP contribution in [0.15, 0.2) is 12.7 Å². The molecule has 0 bridgehead atoms. The van der Waals surface area contributed by atoms with Crippen LogP contribution in [0.2, 0.25) is 0 Å². The van der Waals surface area contributed by atoms with Gasteiger partial charge in [0.1, 0.15) is 0 Å². The monoisotopic (exact) mass is 264 g/mol. The van der Waals surface area contributed by atoms with Crippen molar-refractivity contribution in [3.63, 3.8) is 0 Å². The van der Waals surface area contributed by atoms with Gasteiger partial charge in [0.2, 0.25) is 5.91 Å². The summed E-state index contributed by atoms with van der Waals surface area (Å²) in [5.41, 5.74) is 0. The quantitative estimate of drug-likeness (QED) is 0.443. The molecular weight excluding hydrogens is 244 g/mol. The highest BCUT2D eigenvalue weighted by Gasteiger charge is 2.11. The molecule has 0 saturated carbocycles. The van der Waals surface area contributed by atoms with Gasteiger partial charge in [-0.25, -0.2) is 0 Å².